The molecule has 0 atom stereocenters. The first-order valence-electron chi connectivity index (χ1n) is 7.84. The molecule has 2 rings (SSSR count). The molecule has 0 bridgehead atoms. The monoisotopic (exact) mass is 333 g/mol. The van der Waals surface area contributed by atoms with Gasteiger partial charge >= 0.3 is 0 Å². The van der Waals surface area contributed by atoms with Crippen molar-refractivity contribution in [3.63, 3.8) is 0 Å². The standard InChI is InChI=1S/C19H24ClNO2/c1-14(2)13-23-19-16(8-6-10-18(19)22-3)12-21-11-15-7-4-5-9-17(15)20/h4-10,14,21H,11-13H2,1-3H3. The van der Waals surface area contributed by atoms with Gasteiger partial charge in [0.1, 0.15) is 0 Å². The van der Waals surface area contributed by atoms with Gasteiger partial charge in [0.05, 0.1) is 13.7 Å². The summed E-state index contributed by atoms with van der Waals surface area (Å²) in [5.41, 5.74) is 2.17. The lowest BCUT2D eigenvalue weighted by atomic mass is 10.1. The molecule has 124 valence electrons. The Morgan fingerprint density at radius 3 is 2.39 bits per heavy atom. The average Bonchev–Trinajstić information content (AvgIpc) is 2.55. The van der Waals surface area contributed by atoms with Gasteiger partial charge in [0, 0.05) is 23.7 Å². The van der Waals surface area contributed by atoms with E-state index in [1.807, 2.05) is 36.4 Å². The molecule has 0 aliphatic heterocycles. The molecule has 0 fully saturated rings. The molecule has 4 heteroatoms. The van der Waals surface area contributed by atoms with Crippen molar-refractivity contribution in [3.05, 3.63) is 58.6 Å². The Balaban J connectivity index is 2.05. The minimum absolute atomic E-state index is 0.462. The molecule has 3 nitrogen and oxygen atoms in total. The van der Waals surface area contributed by atoms with Crippen molar-refractivity contribution >= 4 is 11.6 Å². The fourth-order valence-electron chi connectivity index (χ4n) is 2.25. The molecule has 0 aromatic heterocycles. The third-order valence-corrected chi connectivity index (χ3v) is 3.80. The van der Waals surface area contributed by atoms with E-state index in [2.05, 4.69) is 25.2 Å². The Morgan fingerprint density at radius 2 is 1.70 bits per heavy atom. The molecule has 0 unspecified atom stereocenters. The molecule has 0 amide bonds. The van der Waals surface area contributed by atoms with Gasteiger partial charge in [-0.3, -0.25) is 0 Å². The summed E-state index contributed by atoms with van der Waals surface area (Å²) in [7, 11) is 1.67. The highest BCUT2D eigenvalue weighted by atomic mass is 35.5. The number of para-hydroxylation sites is 1. The minimum atomic E-state index is 0.462. The van der Waals surface area contributed by atoms with Crippen LogP contribution < -0.4 is 14.8 Å². The lowest BCUT2D eigenvalue weighted by Gasteiger charge is -2.17. The van der Waals surface area contributed by atoms with E-state index < -0.39 is 0 Å². The number of nitrogens with one attached hydrogen (secondary N) is 1. The maximum atomic E-state index is 6.18. The molecule has 23 heavy (non-hydrogen) atoms. The van der Waals surface area contributed by atoms with Crippen LogP contribution in [0.5, 0.6) is 11.5 Å². The third-order valence-electron chi connectivity index (χ3n) is 3.43. The summed E-state index contributed by atoms with van der Waals surface area (Å²) in [5, 5.41) is 4.20. The molecule has 0 aliphatic rings. The molecule has 0 radical (unpaired) electrons. The van der Waals surface area contributed by atoms with Crippen molar-refractivity contribution in [1.29, 1.82) is 0 Å². The molecule has 2 aromatic carbocycles. The van der Waals surface area contributed by atoms with E-state index in [-0.39, 0.29) is 0 Å². The molecule has 1 N–H and O–H groups in total. The third kappa shape index (κ3) is 5.15. The van der Waals surface area contributed by atoms with Crippen molar-refractivity contribution in [2.75, 3.05) is 13.7 Å². The Hall–Kier alpha value is -1.71. The van der Waals surface area contributed by atoms with Crippen LogP contribution in [0.3, 0.4) is 0 Å². The second-order valence-corrected chi connectivity index (χ2v) is 6.26. The summed E-state index contributed by atoms with van der Waals surface area (Å²) in [6, 6.07) is 13.8. The number of benzene rings is 2. The summed E-state index contributed by atoms with van der Waals surface area (Å²) < 4.78 is 11.4. The highest BCUT2D eigenvalue weighted by molar-refractivity contribution is 6.31. The van der Waals surface area contributed by atoms with Gasteiger partial charge in [-0.2, -0.15) is 0 Å². The molecule has 0 saturated carbocycles. The van der Waals surface area contributed by atoms with E-state index in [0.717, 1.165) is 27.6 Å². The number of halogens is 1. The van der Waals surface area contributed by atoms with Crippen LogP contribution in [-0.4, -0.2) is 13.7 Å². The van der Waals surface area contributed by atoms with Crippen LogP contribution >= 0.6 is 11.6 Å². The average molecular weight is 334 g/mol. The minimum Gasteiger partial charge on any atom is -0.493 e. The molecule has 0 spiro atoms. The first kappa shape index (κ1) is 17.6. The molecule has 0 heterocycles. The smallest absolute Gasteiger partial charge is 0.165 e. The Morgan fingerprint density at radius 1 is 1.00 bits per heavy atom. The highest BCUT2D eigenvalue weighted by Gasteiger charge is 2.11. The van der Waals surface area contributed by atoms with Crippen LogP contribution in [0.2, 0.25) is 5.02 Å². The van der Waals surface area contributed by atoms with Crippen LogP contribution in [-0.2, 0) is 13.1 Å². The van der Waals surface area contributed by atoms with Gasteiger partial charge in [0.2, 0.25) is 0 Å². The van der Waals surface area contributed by atoms with Crippen LogP contribution in [0, 0.1) is 5.92 Å². The summed E-state index contributed by atoms with van der Waals surface area (Å²) in [5.74, 6) is 2.04. The van der Waals surface area contributed by atoms with Crippen molar-refractivity contribution in [2.45, 2.75) is 26.9 Å². The normalized spacial score (nSPS) is 10.8. The van der Waals surface area contributed by atoms with Crippen LogP contribution in [0.4, 0.5) is 0 Å². The fraction of sp³-hybridized carbons (Fsp3) is 0.368. The van der Waals surface area contributed by atoms with Gasteiger partial charge in [0.25, 0.3) is 0 Å². The van der Waals surface area contributed by atoms with Crippen LogP contribution in [0.25, 0.3) is 0 Å². The quantitative estimate of drug-likeness (QED) is 0.761. The van der Waals surface area contributed by atoms with Crippen molar-refractivity contribution in [3.8, 4) is 11.5 Å². The van der Waals surface area contributed by atoms with E-state index in [1.165, 1.54) is 0 Å². The molecular formula is C19H24ClNO2. The predicted molar refractivity (Wildman–Crippen MR) is 95.3 cm³/mol. The molecular weight excluding hydrogens is 310 g/mol. The second kappa shape index (κ2) is 8.80. The van der Waals surface area contributed by atoms with Gasteiger partial charge in [-0.1, -0.05) is 55.8 Å². The zero-order valence-corrected chi connectivity index (χ0v) is 14.7. The number of rotatable bonds is 8. The maximum absolute atomic E-state index is 6.18. The summed E-state index contributed by atoms with van der Waals surface area (Å²) in [6.45, 7) is 6.32. The van der Waals surface area contributed by atoms with Gasteiger partial charge in [-0.05, 0) is 23.6 Å². The Bertz CT molecular complexity index is 629. The van der Waals surface area contributed by atoms with Crippen molar-refractivity contribution in [2.24, 2.45) is 5.92 Å². The topological polar surface area (TPSA) is 30.5 Å². The van der Waals surface area contributed by atoms with E-state index in [0.29, 0.717) is 25.6 Å². The van der Waals surface area contributed by atoms with E-state index in [9.17, 15) is 0 Å². The number of hydrogen-bond acceptors (Lipinski definition) is 3. The highest BCUT2D eigenvalue weighted by Crippen LogP contribution is 2.31. The first-order valence-corrected chi connectivity index (χ1v) is 8.22. The lowest BCUT2D eigenvalue weighted by molar-refractivity contribution is 0.254. The predicted octanol–water partition coefficient (Wildman–Crippen LogP) is 4.67. The maximum Gasteiger partial charge on any atom is 0.165 e. The zero-order chi connectivity index (χ0) is 16.7. The van der Waals surface area contributed by atoms with E-state index >= 15 is 0 Å². The second-order valence-electron chi connectivity index (χ2n) is 5.85. The summed E-state index contributed by atoms with van der Waals surface area (Å²) >= 11 is 6.18. The SMILES string of the molecule is COc1cccc(CNCc2ccccc2Cl)c1OCC(C)C. The largest absolute Gasteiger partial charge is 0.493 e. The van der Waals surface area contributed by atoms with Crippen LogP contribution in [0.1, 0.15) is 25.0 Å². The molecule has 0 saturated heterocycles. The molecule has 0 aliphatic carbocycles. The van der Waals surface area contributed by atoms with E-state index in [4.69, 9.17) is 21.1 Å². The van der Waals surface area contributed by atoms with E-state index in [1.54, 1.807) is 7.11 Å². The van der Waals surface area contributed by atoms with Crippen LogP contribution in [0.15, 0.2) is 42.5 Å². The fourth-order valence-corrected chi connectivity index (χ4v) is 2.45. The summed E-state index contributed by atoms with van der Waals surface area (Å²) in [4.78, 5) is 0. The lowest BCUT2D eigenvalue weighted by Crippen LogP contribution is -2.15. The zero-order valence-electron chi connectivity index (χ0n) is 13.9. The first-order chi connectivity index (χ1) is 11.1. The number of methoxy groups -OCH3 is 1. The number of ether oxygens (including phenoxy) is 2. The Kier molecular flexibility index (Phi) is 6.75. The molecule has 2 aromatic rings. The van der Waals surface area contributed by atoms with Gasteiger partial charge in [0.15, 0.2) is 11.5 Å². The van der Waals surface area contributed by atoms with Gasteiger partial charge in [-0.15, -0.1) is 0 Å². The summed E-state index contributed by atoms with van der Waals surface area (Å²) in [6.07, 6.45) is 0. The van der Waals surface area contributed by atoms with Crippen molar-refractivity contribution < 1.29 is 9.47 Å². The van der Waals surface area contributed by atoms with Gasteiger partial charge < -0.3 is 14.8 Å². The van der Waals surface area contributed by atoms with Crippen molar-refractivity contribution in [1.82, 2.24) is 5.32 Å². The van der Waals surface area contributed by atoms with Gasteiger partial charge in [-0.25, -0.2) is 0 Å². The Labute approximate surface area is 143 Å². The number of hydrogen-bond donors (Lipinski definition) is 1.